The van der Waals surface area contributed by atoms with Crippen LogP contribution in [0.4, 0.5) is 0 Å². The topological polar surface area (TPSA) is 137 Å². The number of nitrogens with zero attached hydrogens (tertiary/aromatic N) is 2. The highest BCUT2D eigenvalue weighted by molar-refractivity contribution is 5.72. The number of nitrogens with two attached hydrogens (primary N) is 2. The van der Waals surface area contributed by atoms with Crippen LogP contribution in [0.5, 0.6) is 0 Å². The quantitative estimate of drug-likeness (QED) is 0.459. The number of carboxylic acids is 1. The Labute approximate surface area is 64.6 Å². The van der Waals surface area contributed by atoms with Crippen molar-refractivity contribution in [1.82, 2.24) is 0 Å². The first-order valence-corrected chi connectivity index (χ1v) is 3.07. The van der Waals surface area contributed by atoms with E-state index in [4.69, 9.17) is 27.4 Å². The number of hydrogen-bond donors (Lipinski definition) is 3. The first-order valence-electron chi connectivity index (χ1n) is 3.07. The van der Waals surface area contributed by atoms with E-state index in [-0.39, 0.29) is 0 Å². The van der Waals surface area contributed by atoms with Crippen LogP contribution in [-0.4, -0.2) is 23.7 Å². The maximum absolute atomic E-state index is 10.0. The molecule has 0 aromatic heterocycles. The van der Waals surface area contributed by atoms with E-state index in [0.29, 0.717) is 19.4 Å². The Balaban J connectivity index is 0. The van der Waals surface area contributed by atoms with Crippen LogP contribution >= 0.6 is 0 Å². The molecule has 64 valence electrons. The van der Waals surface area contributed by atoms with E-state index in [9.17, 15) is 4.79 Å². The average molecular weight is 160 g/mol. The summed E-state index contributed by atoms with van der Waals surface area (Å²) < 4.78 is 0. The van der Waals surface area contributed by atoms with E-state index in [1.54, 1.807) is 0 Å². The second-order valence-corrected chi connectivity index (χ2v) is 1.88. The predicted octanol–water partition coefficient (Wildman–Crippen LogP) is -0.833. The highest BCUT2D eigenvalue weighted by Crippen LogP contribution is 1.91. The fraction of sp³-hybridized carbons (Fsp3) is 0.800. The van der Waals surface area contributed by atoms with Crippen molar-refractivity contribution in [2.75, 3.05) is 6.54 Å². The second kappa shape index (κ2) is 8.81. The zero-order valence-corrected chi connectivity index (χ0v) is 6.10. The molecule has 6 heteroatoms. The van der Waals surface area contributed by atoms with Gasteiger partial charge in [0.05, 0.1) is 0 Å². The van der Waals surface area contributed by atoms with E-state index in [1.165, 1.54) is 0 Å². The van der Waals surface area contributed by atoms with Crippen molar-refractivity contribution in [2.24, 2.45) is 11.5 Å². The average Bonchev–Trinajstić information content (AvgIpc) is 2.03. The van der Waals surface area contributed by atoms with Gasteiger partial charge in [-0.3, -0.25) is 4.79 Å². The predicted molar refractivity (Wildman–Crippen MR) is 37.3 cm³/mol. The summed E-state index contributed by atoms with van der Waals surface area (Å²) in [5, 5.41) is 20.2. The molecule has 0 aromatic carbocycles. The lowest BCUT2D eigenvalue weighted by Crippen LogP contribution is -2.30. The Morgan fingerprint density at radius 2 is 2.00 bits per heavy atom. The number of hydrogen-bond acceptors (Lipinski definition) is 5. The van der Waals surface area contributed by atoms with Crippen LogP contribution in [-0.2, 0) is 4.79 Å². The number of aliphatic carboxylic acids is 1. The number of carbonyl (C=O) groups is 1. The zero-order chi connectivity index (χ0) is 9.28. The number of carboxylic acid groups (broad SMARTS) is 1. The summed E-state index contributed by atoms with van der Waals surface area (Å²) in [6.45, 7) is 0.501. The summed E-state index contributed by atoms with van der Waals surface area (Å²) >= 11 is 0. The van der Waals surface area contributed by atoms with Gasteiger partial charge >= 0.3 is 5.97 Å². The summed E-state index contributed by atoms with van der Waals surface area (Å²) in [6, 6.07) is -0.742. The molecule has 11 heavy (non-hydrogen) atoms. The molecule has 1 atom stereocenters. The standard InChI is InChI=1S/C5H12N2O2.N2/c6-3-1-2-4(7)5(8)9;1-2/h4H,1-3,6-7H2,(H,8,9);. The van der Waals surface area contributed by atoms with Crippen LogP contribution in [0, 0.1) is 10.8 Å². The smallest absolute Gasteiger partial charge is 0.320 e. The molecule has 0 aromatic rings. The Morgan fingerprint density at radius 1 is 1.55 bits per heavy atom. The fourth-order valence-electron chi connectivity index (χ4n) is 0.461. The SMILES string of the molecule is N#N.NCCCC(N)C(=O)O. The van der Waals surface area contributed by atoms with Crippen LogP contribution in [0.15, 0.2) is 0 Å². The summed E-state index contributed by atoms with van der Waals surface area (Å²) in [5.74, 6) is -0.955. The summed E-state index contributed by atoms with van der Waals surface area (Å²) in [7, 11) is 0. The summed E-state index contributed by atoms with van der Waals surface area (Å²) in [6.07, 6.45) is 1.14. The van der Waals surface area contributed by atoms with E-state index in [0.717, 1.165) is 0 Å². The minimum atomic E-state index is -0.955. The van der Waals surface area contributed by atoms with Gasteiger partial charge in [0.2, 0.25) is 0 Å². The zero-order valence-electron chi connectivity index (χ0n) is 6.10. The molecular weight excluding hydrogens is 148 g/mol. The fourth-order valence-corrected chi connectivity index (χ4v) is 0.461. The number of rotatable bonds is 4. The normalized spacial score (nSPS) is 10.9. The molecule has 0 saturated carbocycles. The third-order valence-corrected chi connectivity index (χ3v) is 1.04. The largest absolute Gasteiger partial charge is 0.480 e. The van der Waals surface area contributed by atoms with Crippen LogP contribution in [0.3, 0.4) is 0 Å². The van der Waals surface area contributed by atoms with Gasteiger partial charge in [-0.2, -0.15) is 0 Å². The van der Waals surface area contributed by atoms with Crippen molar-refractivity contribution in [3.8, 4) is 0 Å². The third-order valence-electron chi connectivity index (χ3n) is 1.04. The molecule has 5 N–H and O–H groups in total. The van der Waals surface area contributed by atoms with Gasteiger partial charge in [0, 0.05) is 10.8 Å². The van der Waals surface area contributed by atoms with Crippen LogP contribution in [0.1, 0.15) is 12.8 Å². The minimum absolute atomic E-state index is 0.464. The Morgan fingerprint density at radius 3 is 2.27 bits per heavy atom. The lowest BCUT2D eigenvalue weighted by Gasteiger charge is -2.02. The van der Waals surface area contributed by atoms with E-state index >= 15 is 0 Å². The molecule has 6 nitrogen and oxygen atoms in total. The van der Waals surface area contributed by atoms with Crippen LogP contribution in [0.25, 0.3) is 0 Å². The Hall–Kier alpha value is -1.19. The molecule has 0 saturated heterocycles. The molecule has 0 radical (unpaired) electrons. The highest BCUT2D eigenvalue weighted by atomic mass is 16.4. The molecule has 0 rings (SSSR count). The summed E-state index contributed by atoms with van der Waals surface area (Å²) in [4.78, 5) is 10.0. The van der Waals surface area contributed by atoms with Crippen molar-refractivity contribution < 1.29 is 9.90 Å². The van der Waals surface area contributed by atoms with Crippen molar-refractivity contribution in [2.45, 2.75) is 18.9 Å². The van der Waals surface area contributed by atoms with Gasteiger partial charge in [-0.1, -0.05) is 0 Å². The molecule has 0 aliphatic carbocycles. The maximum Gasteiger partial charge on any atom is 0.320 e. The van der Waals surface area contributed by atoms with Crippen LogP contribution < -0.4 is 11.5 Å². The van der Waals surface area contributed by atoms with Crippen molar-refractivity contribution >= 4 is 5.97 Å². The van der Waals surface area contributed by atoms with E-state index in [2.05, 4.69) is 0 Å². The monoisotopic (exact) mass is 160 g/mol. The van der Waals surface area contributed by atoms with Gasteiger partial charge in [-0.15, -0.1) is 0 Å². The van der Waals surface area contributed by atoms with Gasteiger partial charge in [0.25, 0.3) is 0 Å². The lowest BCUT2D eigenvalue weighted by atomic mass is 10.2. The first-order chi connectivity index (χ1) is 5.18. The van der Waals surface area contributed by atoms with Crippen molar-refractivity contribution in [3.63, 3.8) is 0 Å². The molecule has 0 aliphatic heterocycles. The van der Waals surface area contributed by atoms with Crippen LogP contribution in [0.2, 0.25) is 0 Å². The molecule has 0 aliphatic rings. The molecule has 0 spiro atoms. The van der Waals surface area contributed by atoms with Crippen molar-refractivity contribution in [3.05, 3.63) is 0 Å². The molecule has 0 amide bonds. The Kier molecular flexibility index (Phi) is 10.00. The summed E-state index contributed by atoms with van der Waals surface area (Å²) in [5.41, 5.74) is 10.3. The maximum atomic E-state index is 10.0. The Bertz CT molecular complexity index is 125. The molecule has 0 bridgehead atoms. The van der Waals surface area contributed by atoms with Gasteiger partial charge < -0.3 is 16.6 Å². The molecule has 1 unspecified atom stereocenters. The van der Waals surface area contributed by atoms with Gasteiger partial charge in [-0.25, -0.2) is 0 Å². The third kappa shape index (κ3) is 8.81. The molecule has 0 heterocycles. The first kappa shape index (κ1) is 12.5. The van der Waals surface area contributed by atoms with E-state index in [1.807, 2.05) is 0 Å². The van der Waals surface area contributed by atoms with Gasteiger partial charge in [0.1, 0.15) is 6.04 Å². The lowest BCUT2D eigenvalue weighted by molar-refractivity contribution is -0.138. The molecular formula is C5H12N4O2. The van der Waals surface area contributed by atoms with Gasteiger partial charge in [0.15, 0.2) is 0 Å². The highest BCUT2D eigenvalue weighted by Gasteiger charge is 2.08. The minimum Gasteiger partial charge on any atom is -0.480 e. The van der Waals surface area contributed by atoms with Gasteiger partial charge in [-0.05, 0) is 19.4 Å². The van der Waals surface area contributed by atoms with Crippen molar-refractivity contribution in [1.29, 1.82) is 10.8 Å². The second-order valence-electron chi connectivity index (χ2n) is 1.88. The van der Waals surface area contributed by atoms with E-state index < -0.39 is 12.0 Å². The molecule has 0 fully saturated rings.